The second-order valence-electron chi connectivity index (χ2n) is 9.44. The summed E-state index contributed by atoms with van der Waals surface area (Å²) in [6.07, 6.45) is 1.78. The maximum absolute atomic E-state index is 9.58. The van der Waals surface area contributed by atoms with E-state index in [4.69, 9.17) is 15.0 Å². The van der Waals surface area contributed by atoms with Gasteiger partial charge in [-0.3, -0.25) is 4.98 Å². The predicted molar refractivity (Wildman–Crippen MR) is 115 cm³/mol. The zero-order valence-electron chi connectivity index (χ0n) is 18.2. The molecule has 0 aliphatic carbocycles. The molecular formula is C24H27N5. The number of nitrogens with zero attached hydrogens (tertiary/aromatic N) is 5. The van der Waals surface area contributed by atoms with Crippen molar-refractivity contribution in [2.75, 3.05) is 0 Å². The Morgan fingerprint density at radius 2 is 1.38 bits per heavy atom. The predicted octanol–water partition coefficient (Wildman–Crippen LogP) is 5.38. The summed E-state index contributed by atoms with van der Waals surface area (Å²) in [4.78, 5) is 18.7. The zero-order chi connectivity index (χ0) is 21.4. The fourth-order valence-corrected chi connectivity index (χ4v) is 2.84. The maximum Gasteiger partial charge on any atom is 0.163 e. The first-order valence-electron chi connectivity index (χ1n) is 9.73. The third-order valence-electron chi connectivity index (χ3n) is 4.51. The van der Waals surface area contributed by atoms with Crippen molar-refractivity contribution in [3.8, 4) is 28.7 Å². The van der Waals surface area contributed by atoms with Crippen molar-refractivity contribution in [2.45, 2.75) is 59.3 Å². The molecule has 3 aromatic rings. The van der Waals surface area contributed by atoms with Crippen LogP contribution in [-0.2, 0) is 10.8 Å². The molecule has 0 bridgehead atoms. The van der Waals surface area contributed by atoms with Gasteiger partial charge in [-0.25, -0.2) is 15.0 Å². The molecule has 0 amide bonds. The fraction of sp³-hybridized carbons (Fsp3) is 0.375. The van der Waals surface area contributed by atoms with Gasteiger partial charge in [0.2, 0.25) is 0 Å². The van der Waals surface area contributed by atoms with Gasteiger partial charge < -0.3 is 0 Å². The van der Waals surface area contributed by atoms with E-state index < -0.39 is 0 Å². The fourth-order valence-electron chi connectivity index (χ4n) is 2.84. The van der Waals surface area contributed by atoms with E-state index in [0.717, 1.165) is 34.0 Å². The van der Waals surface area contributed by atoms with Gasteiger partial charge in [0.1, 0.15) is 11.6 Å². The van der Waals surface area contributed by atoms with Crippen LogP contribution in [0, 0.1) is 18.3 Å². The molecule has 0 fully saturated rings. The molecule has 0 saturated heterocycles. The van der Waals surface area contributed by atoms with Crippen molar-refractivity contribution in [3.05, 3.63) is 59.3 Å². The summed E-state index contributed by atoms with van der Waals surface area (Å²) in [5.74, 6) is 2.07. The van der Waals surface area contributed by atoms with Crippen LogP contribution in [0.2, 0.25) is 0 Å². The molecule has 0 N–H and O–H groups in total. The molecule has 0 aliphatic rings. The van der Waals surface area contributed by atoms with Crippen molar-refractivity contribution in [3.63, 3.8) is 0 Å². The number of nitriles is 1. The molecule has 29 heavy (non-hydrogen) atoms. The summed E-state index contributed by atoms with van der Waals surface area (Å²) in [6, 6.07) is 11.9. The van der Waals surface area contributed by atoms with Gasteiger partial charge in [-0.2, -0.15) is 5.26 Å². The number of aryl methyl sites for hydroxylation is 1. The first-order chi connectivity index (χ1) is 13.5. The van der Waals surface area contributed by atoms with E-state index in [9.17, 15) is 5.26 Å². The smallest absolute Gasteiger partial charge is 0.163 e. The molecule has 148 valence electrons. The molecule has 0 aliphatic heterocycles. The van der Waals surface area contributed by atoms with E-state index in [-0.39, 0.29) is 10.8 Å². The highest BCUT2D eigenvalue weighted by molar-refractivity contribution is 5.71. The minimum atomic E-state index is -0.217. The maximum atomic E-state index is 9.58. The highest BCUT2D eigenvalue weighted by atomic mass is 15.1. The Labute approximate surface area is 172 Å². The molecule has 0 radical (unpaired) electrons. The van der Waals surface area contributed by atoms with E-state index >= 15 is 0 Å². The Kier molecular flexibility index (Phi) is 5.23. The number of pyridine rings is 1. The van der Waals surface area contributed by atoms with Crippen LogP contribution in [0.1, 0.15) is 64.3 Å². The lowest BCUT2D eigenvalue weighted by atomic mass is 9.92. The van der Waals surface area contributed by atoms with Crippen LogP contribution in [0.4, 0.5) is 0 Å². The minimum absolute atomic E-state index is 0.217. The summed E-state index contributed by atoms with van der Waals surface area (Å²) >= 11 is 0. The molecular weight excluding hydrogens is 358 g/mol. The highest BCUT2D eigenvalue weighted by Gasteiger charge is 2.25. The van der Waals surface area contributed by atoms with Gasteiger partial charge in [-0.1, -0.05) is 41.5 Å². The lowest BCUT2D eigenvalue weighted by molar-refractivity contribution is 0.497. The van der Waals surface area contributed by atoms with Gasteiger partial charge in [0, 0.05) is 28.2 Å². The Bertz CT molecular complexity index is 1060. The number of aromatic nitrogens is 4. The lowest BCUT2D eigenvalue weighted by Crippen LogP contribution is -2.24. The number of hydrogen-bond acceptors (Lipinski definition) is 5. The van der Waals surface area contributed by atoms with Gasteiger partial charge in [0.15, 0.2) is 5.82 Å². The first kappa shape index (κ1) is 20.6. The van der Waals surface area contributed by atoms with Crippen molar-refractivity contribution >= 4 is 0 Å². The van der Waals surface area contributed by atoms with E-state index in [1.807, 2.05) is 37.3 Å². The molecule has 0 saturated carbocycles. The average Bonchev–Trinajstić information content (AvgIpc) is 2.66. The third kappa shape index (κ3) is 4.65. The molecule has 1 aromatic carbocycles. The normalized spacial score (nSPS) is 11.9. The van der Waals surface area contributed by atoms with Crippen LogP contribution in [0.25, 0.3) is 22.6 Å². The van der Waals surface area contributed by atoms with Crippen LogP contribution in [0.5, 0.6) is 0 Å². The van der Waals surface area contributed by atoms with E-state index in [1.54, 1.807) is 6.20 Å². The zero-order valence-corrected chi connectivity index (χ0v) is 18.2. The van der Waals surface area contributed by atoms with Gasteiger partial charge >= 0.3 is 0 Å². The Balaban J connectivity index is 2.25. The molecule has 5 nitrogen and oxygen atoms in total. The standard InChI is InChI=1S/C24H27N5/c1-15-8-9-26-19(10-15)17-11-16(14-25)12-18(13-17)20-27-21(23(2,3)4)29-22(28-20)24(5,6)7/h8-13H,1-7H3. The molecule has 0 atom stereocenters. The minimum Gasteiger partial charge on any atom is -0.256 e. The molecule has 0 spiro atoms. The summed E-state index contributed by atoms with van der Waals surface area (Å²) in [7, 11) is 0. The monoisotopic (exact) mass is 385 g/mol. The summed E-state index contributed by atoms with van der Waals surface area (Å²) < 4.78 is 0. The second kappa shape index (κ2) is 7.36. The van der Waals surface area contributed by atoms with Crippen molar-refractivity contribution in [2.24, 2.45) is 0 Å². The number of hydrogen-bond donors (Lipinski definition) is 0. The SMILES string of the molecule is Cc1ccnc(-c2cc(C#N)cc(-c3nc(C(C)(C)C)nc(C(C)(C)C)n3)c2)c1. The van der Waals surface area contributed by atoms with E-state index in [2.05, 4.69) is 52.6 Å². The molecule has 2 aromatic heterocycles. The van der Waals surface area contributed by atoms with E-state index in [0.29, 0.717) is 11.4 Å². The van der Waals surface area contributed by atoms with Gasteiger partial charge in [0.05, 0.1) is 17.3 Å². The summed E-state index contributed by atoms with van der Waals surface area (Å²) in [5.41, 5.74) is 3.72. The number of rotatable bonds is 2. The van der Waals surface area contributed by atoms with Crippen LogP contribution >= 0.6 is 0 Å². The highest BCUT2D eigenvalue weighted by Crippen LogP contribution is 2.29. The van der Waals surface area contributed by atoms with Crippen LogP contribution in [-0.4, -0.2) is 19.9 Å². The Morgan fingerprint density at radius 3 is 1.90 bits per heavy atom. The van der Waals surface area contributed by atoms with Crippen LogP contribution in [0.15, 0.2) is 36.5 Å². The molecule has 2 heterocycles. The van der Waals surface area contributed by atoms with Crippen molar-refractivity contribution < 1.29 is 0 Å². The van der Waals surface area contributed by atoms with Gasteiger partial charge in [-0.15, -0.1) is 0 Å². The van der Waals surface area contributed by atoms with Crippen molar-refractivity contribution in [1.82, 2.24) is 19.9 Å². The quantitative estimate of drug-likeness (QED) is 0.592. The molecule has 3 rings (SSSR count). The summed E-state index contributed by atoms with van der Waals surface area (Å²) in [5, 5.41) is 9.58. The van der Waals surface area contributed by atoms with Gasteiger partial charge in [0.25, 0.3) is 0 Å². The largest absolute Gasteiger partial charge is 0.256 e. The molecule has 0 unspecified atom stereocenters. The third-order valence-corrected chi connectivity index (χ3v) is 4.51. The van der Waals surface area contributed by atoms with Crippen molar-refractivity contribution in [1.29, 1.82) is 5.26 Å². The lowest BCUT2D eigenvalue weighted by Gasteiger charge is -2.22. The topological polar surface area (TPSA) is 75.3 Å². The second-order valence-corrected chi connectivity index (χ2v) is 9.44. The van der Waals surface area contributed by atoms with Crippen LogP contribution < -0.4 is 0 Å². The number of benzene rings is 1. The molecule has 5 heteroatoms. The Hall–Kier alpha value is -3.13. The average molecular weight is 386 g/mol. The Morgan fingerprint density at radius 1 is 0.793 bits per heavy atom. The summed E-state index contributed by atoms with van der Waals surface area (Å²) in [6.45, 7) is 14.6. The van der Waals surface area contributed by atoms with E-state index in [1.165, 1.54) is 0 Å². The van der Waals surface area contributed by atoms with Crippen LogP contribution in [0.3, 0.4) is 0 Å². The first-order valence-corrected chi connectivity index (χ1v) is 9.73. The van der Waals surface area contributed by atoms with Gasteiger partial charge in [-0.05, 0) is 42.8 Å².